The fraction of sp³-hybridized carbons (Fsp3) is 0.619. The summed E-state index contributed by atoms with van der Waals surface area (Å²) in [6.45, 7) is 17.5. The number of ether oxygens (including phenoxy) is 3. The molecule has 5 unspecified atom stereocenters. The molecule has 2 aliphatic rings. The topological polar surface area (TPSA) is 27.7 Å². The second-order valence-corrected chi connectivity index (χ2v) is 6.97. The van der Waals surface area contributed by atoms with Gasteiger partial charge in [0.25, 0.3) is 0 Å². The maximum absolute atomic E-state index is 6.11. The van der Waals surface area contributed by atoms with Gasteiger partial charge in [0.15, 0.2) is 0 Å². The summed E-state index contributed by atoms with van der Waals surface area (Å²) in [6.07, 6.45) is 10.6. The standard InChI is InChI=1S/C21H32O3/c1-6-11-22-12-7-8-19-14-16(3)21(24-19)10-9-20-13-15(2)17(4)18(5)23-20/h6-8,15,18-21H,1,3-4,9-14H2,2,5H3/b8-7+. The van der Waals surface area contributed by atoms with Gasteiger partial charge in [0.05, 0.1) is 37.6 Å². The first-order chi connectivity index (χ1) is 11.5. The molecule has 2 heterocycles. The molecule has 5 atom stereocenters. The van der Waals surface area contributed by atoms with Crippen LogP contribution in [-0.4, -0.2) is 37.6 Å². The first kappa shape index (κ1) is 19.2. The summed E-state index contributed by atoms with van der Waals surface area (Å²) in [5, 5.41) is 0. The summed E-state index contributed by atoms with van der Waals surface area (Å²) in [5.74, 6) is 0.540. The molecular formula is C21H32O3. The van der Waals surface area contributed by atoms with Crippen LogP contribution in [0.25, 0.3) is 0 Å². The first-order valence-electron chi connectivity index (χ1n) is 9.03. The van der Waals surface area contributed by atoms with Crippen molar-refractivity contribution >= 4 is 0 Å². The summed E-state index contributed by atoms with van der Waals surface area (Å²) in [4.78, 5) is 0. The van der Waals surface area contributed by atoms with Crippen LogP contribution in [-0.2, 0) is 14.2 Å². The highest BCUT2D eigenvalue weighted by molar-refractivity contribution is 5.14. The van der Waals surface area contributed by atoms with Crippen molar-refractivity contribution < 1.29 is 14.2 Å². The van der Waals surface area contributed by atoms with Crippen LogP contribution in [0, 0.1) is 5.92 Å². The largest absolute Gasteiger partial charge is 0.373 e. The summed E-state index contributed by atoms with van der Waals surface area (Å²) in [6, 6.07) is 0. The molecule has 2 rings (SSSR count). The summed E-state index contributed by atoms with van der Waals surface area (Å²) < 4.78 is 17.5. The van der Waals surface area contributed by atoms with Crippen LogP contribution in [0.15, 0.2) is 49.1 Å². The Morgan fingerprint density at radius 2 is 1.96 bits per heavy atom. The second-order valence-electron chi connectivity index (χ2n) is 6.97. The minimum absolute atomic E-state index is 0.125. The van der Waals surface area contributed by atoms with E-state index in [0.29, 0.717) is 25.2 Å². The molecule has 0 bridgehead atoms. The van der Waals surface area contributed by atoms with Gasteiger partial charge in [-0.25, -0.2) is 0 Å². The van der Waals surface area contributed by atoms with E-state index in [1.54, 1.807) is 6.08 Å². The predicted molar refractivity (Wildman–Crippen MR) is 99.1 cm³/mol. The third-order valence-corrected chi connectivity index (χ3v) is 4.98. The van der Waals surface area contributed by atoms with Crippen molar-refractivity contribution in [3.05, 3.63) is 49.1 Å². The van der Waals surface area contributed by atoms with Crippen molar-refractivity contribution in [2.75, 3.05) is 13.2 Å². The van der Waals surface area contributed by atoms with Crippen LogP contribution >= 0.6 is 0 Å². The minimum Gasteiger partial charge on any atom is -0.373 e. The Bertz CT molecular complexity index is 465. The average molecular weight is 332 g/mol. The molecule has 0 saturated carbocycles. The molecule has 0 radical (unpaired) electrons. The third kappa shape index (κ3) is 5.44. The SMILES string of the molecule is C=CCOC/C=C/C1CC(=C)C(CCC2CC(C)C(=C)C(C)O2)O1. The highest BCUT2D eigenvalue weighted by Crippen LogP contribution is 2.33. The van der Waals surface area contributed by atoms with E-state index in [1.807, 2.05) is 6.08 Å². The molecule has 0 N–H and O–H groups in total. The molecule has 134 valence electrons. The Hall–Kier alpha value is -1.16. The van der Waals surface area contributed by atoms with Crippen LogP contribution in [0.3, 0.4) is 0 Å². The highest BCUT2D eigenvalue weighted by Gasteiger charge is 2.31. The lowest BCUT2D eigenvalue weighted by Crippen LogP contribution is -2.32. The maximum atomic E-state index is 6.11. The van der Waals surface area contributed by atoms with E-state index < -0.39 is 0 Å². The van der Waals surface area contributed by atoms with Gasteiger partial charge in [0.2, 0.25) is 0 Å². The lowest BCUT2D eigenvalue weighted by Gasteiger charge is -2.34. The molecule has 2 fully saturated rings. The highest BCUT2D eigenvalue weighted by atomic mass is 16.5. The zero-order valence-electron chi connectivity index (χ0n) is 15.2. The lowest BCUT2D eigenvalue weighted by molar-refractivity contribution is -0.0352. The quantitative estimate of drug-likeness (QED) is 0.480. The Kier molecular flexibility index (Phi) is 7.47. The van der Waals surface area contributed by atoms with Crippen molar-refractivity contribution in [1.29, 1.82) is 0 Å². The van der Waals surface area contributed by atoms with E-state index in [-0.39, 0.29) is 18.3 Å². The number of hydrogen-bond acceptors (Lipinski definition) is 3. The van der Waals surface area contributed by atoms with E-state index in [4.69, 9.17) is 14.2 Å². The van der Waals surface area contributed by atoms with Crippen LogP contribution in [0.1, 0.15) is 39.5 Å². The average Bonchev–Trinajstić information content (AvgIpc) is 2.90. The van der Waals surface area contributed by atoms with Crippen LogP contribution in [0.4, 0.5) is 0 Å². The van der Waals surface area contributed by atoms with E-state index >= 15 is 0 Å². The summed E-state index contributed by atoms with van der Waals surface area (Å²) in [7, 11) is 0. The van der Waals surface area contributed by atoms with Crippen molar-refractivity contribution in [2.24, 2.45) is 5.92 Å². The molecular weight excluding hydrogens is 300 g/mol. The fourth-order valence-electron chi connectivity index (χ4n) is 3.46. The van der Waals surface area contributed by atoms with Crippen molar-refractivity contribution in [3.8, 4) is 0 Å². The van der Waals surface area contributed by atoms with Crippen molar-refractivity contribution in [2.45, 2.75) is 63.9 Å². The molecule has 0 spiro atoms. The summed E-state index contributed by atoms with van der Waals surface area (Å²) >= 11 is 0. The maximum Gasteiger partial charge on any atom is 0.0802 e. The molecule has 0 amide bonds. The van der Waals surface area contributed by atoms with Gasteiger partial charge in [-0.3, -0.25) is 0 Å². The van der Waals surface area contributed by atoms with Crippen LogP contribution in [0.2, 0.25) is 0 Å². The minimum atomic E-state index is 0.125. The smallest absolute Gasteiger partial charge is 0.0802 e. The first-order valence-corrected chi connectivity index (χ1v) is 9.03. The van der Waals surface area contributed by atoms with E-state index in [2.05, 4.69) is 39.7 Å². The zero-order valence-corrected chi connectivity index (χ0v) is 15.2. The van der Waals surface area contributed by atoms with E-state index in [9.17, 15) is 0 Å². The van der Waals surface area contributed by atoms with Gasteiger partial charge in [-0.2, -0.15) is 0 Å². The molecule has 24 heavy (non-hydrogen) atoms. The van der Waals surface area contributed by atoms with Crippen molar-refractivity contribution in [1.82, 2.24) is 0 Å². The zero-order chi connectivity index (χ0) is 17.5. The molecule has 0 aromatic rings. The normalized spacial score (nSPS) is 34.2. The molecule has 0 aromatic heterocycles. The van der Waals surface area contributed by atoms with Gasteiger partial charge in [-0.1, -0.05) is 38.3 Å². The van der Waals surface area contributed by atoms with E-state index in [0.717, 1.165) is 25.7 Å². The third-order valence-electron chi connectivity index (χ3n) is 4.98. The van der Waals surface area contributed by atoms with E-state index in [1.165, 1.54) is 11.1 Å². The number of hydrogen-bond donors (Lipinski definition) is 0. The van der Waals surface area contributed by atoms with Gasteiger partial charge in [0, 0.05) is 6.42 Å². The summed E-state index contributed by atoms with van der Waals surface area (Å²) in [5.41, 5.74) is 2.41. The Balaban J connectivity index is 1.72. The molecule has 2 saturated heterocycles. The molecule has 3 nitrogen and oxygen atoms in total. The van der Waals surface area contributed by atoms with Gasteiger partial charge in [-0.05, 0) is 43.3 Å². The van der Waals surface area contributed by atoms with Gasteiger partial charge in [-0.15, -0.1) is 6.58 Å². The van der Waals surface area contributed by atoms with Crippen molar-refractivity contribution in [3.63, 3.8) is 0 Å². The second kappa shape index (κ2) is 9.36. The van der Waals surface area contributed by atoms with Gasteiger partial charge in [0.1, 0.15) is 0 Å². The molecule has 0 aromatic carbocycles. The Morgan fingerprint density at radius 1 is 1.17 bits per heavy atom. The Morgan fingerprint density at radius 3 is 2.67 bits per heavy atom. The van der Waals surface area contributed by atoms with Crippen LogP contribution in [0.5, 0.6) is 0 Å². The lowest BCUT2D eigenvalue weighted by atomic mass is 9.87. The van der Waals surface area contributed by atoms with Crippen LogP contribution < -0.4 is 0 Å². The van der Waals surface area contributed by atoms with Gasteiger partial charge >= 0.3 is 0 Å². The fourth-order valence-corrected chi connectivity index (χ4v) is 3.46. The molecule has 2 aliphatic heterocycles. The molecule has 3 heteroatoms. The van der Waals surface area contributed by atoms with Gasteiger partial charge < -0.3 is 14.2 Å². The number of rotatable bonds is 8. The Labute approximate surface area is 147 Å². The predicted octanol–water partition coefficient (Wildman–Crippen LogP) is 4.61. The monoisotopic (exact) mass is 332 g/mol. The molecule has 0 aliphatic carbocycles.